The largest absolute Gasteiger partial charge is 0.416 e. The molecule has 0 radical (unpaired) electrons. The van der Waals surface area contributed by atoms with Crippen LogP contribution in [-0.2, 0) is 12.6 Å². The first-order valence-corrected chi connectivity index (χ1v) is 10.5. The number of benzene rings is 2. The summed E-state index contributed by atoms with van der Waals surface area (Å²) >= 11 is 1.42. The smallest absolute Gasteiger partial charge is 0.359 e. The van der Waals surface area contributed by atoms with E-state index in [1.165, 1.54) is 23.5 Å². The number of pyridine rings is 1. The van der Waals surface area contributed by atoms with E-state index >= 15 is 0 Å². The van der Waals surface area contributed by atoms with Crippen LogP contribution in [0, 0.1) is 6.92 Å². The van der Waals surface area contributed by atoms with E-state index in [9.17, 15) is 13.2 Å². The minimum atomic E-state index is -4.33. The third-order valence-corrected chi connectivity index (χ3v) is 5.76. The van der Waals surface area contributed by atoms with Gasteiger partial charge in [-0.25, -0.2) is 0 Å². The van der Waals surface area contributed by atoms with Gasteiger partial charge in [-0.1, -0.05) is 35.6 Å². The SMILES string of the molecule is Cc1cc2cc(-c3nnc(NC[C@H](N)Cc4ccc(C(F)(F)F)cc4)s3)ccc2cn1. The summed E-state index contributed by atoms with van der Waals surface area (Å²) in [7, 11) is 0. The lowest BCUT2D eigenvalue weighted by atomic mass is 10.0. The van der Waals surface area contributed by atoms with Crippen LogP contribution in [0.2, 0.25) is 0 Å². The average Bonchev–Trinajstić information content (AvgIpc) is 3.20. The van der Waals surface area contributed by atoms with Crippen molar-refractivity contribution in [2.45, 2.75) is 25.6 Å². The zero-order valence-corrected chi connectivity index (χ0v) is 17.5. The van der Waals surface area contributed by atoms with E-state index in [1.807, 2.05) is 31.3 Å². The number of nitrogens with two attached hydrogens (primary N) is 1. The monoisotopic (exact) mass is 443 g/mol. The fraction of sp³-hybridized carbons (Fsp3) is 0.227. The van der Waals surface area contributed by atoms with Crippen LogP contribution in [0.4, 0.5) is 18.3 Å². The van der Waals surface area contributed by atoms with Gasteiger partial charge in [0.25, 0.3) is 0 Å². The van der Waals surface area contributed by atoms with Gasteiger partial charge >= 0.3 is 6.18 Å². The van der Waals surface area contributed by atoms with Crippen LogP contribution in [0.5, 0.6) is 0 Å². The number of hydrogen-bond acceptors (Lipinski definition) is 6. The van der Waals surface area contributed by atoms with Crippen molar-refractivity contribution < 1.29 is 13.2 Å². The molecule has 0 aliphatic rings. The number of aromatic nitrogens is 3. The van der Waals surface area contributed by atoms with E-state index in [2.05, 4.69) is 26.6 Å². The van der Waals surface area contributed by atoms with Crippen LogP contribution in [0.15, 0.2) is 54.7 Å². The number of aryl methyl sites for hydroxylation is 1. The number of alkyl halides is 3. The van der Waals surface area contributed by atoms with Gasteiger partial charge in [0.15, 0.2) is 0 Å². The summed E-state index contributed by atoms with van der Waals surface area (Å²) in [6.07, 6.45) is -2.03. The number of fused-ring (bicyclic) bond motifs is 1. The molecule has 4 aromatic rings. The highest BCUT2D eigenvalue weighted by atomic mass is 32.1. The maximum atomic E-state index is 12.7. The summed E-state index contributed by atoms with van der Waals surface area (Å²) in [5, 5.41) is 15.2. The summed E-state index contributed by atoms with van der Waals surface area (Å²) in [5.74, 6) is 0. The first-order chi connectivity index (χ1) is 14.8. The molecule has 2 aromatic carbocycles. The Bertz CT molecular complexity index is 1190. The van der Waals surface area contributed by atoms with Crippen molar-refractivity contribution in [1.82, 2.24) is 15.2 Å². The van der Waals surface area contributed by atoms with Crippen LogP contribution in [0.3, 0.4) is 0 Å². The lowest BCUT2D eigenvalue weighted by molar-refractivity contribution is -0.137. The summed E-state index contributed by atoms with van der Waals surface area (Å²) in [4.78, 5) is 4.30. The number of hydrogen-bond donors (Lipinski definition) is 2. The fourth-order valence-corrected chi connectivity index (χ4v) is 3.97. The van der Waals surface area contributed by atoms with E-state index in [-0.39, 0.29) is 6.04 Å². The Hall–Kier alpha value is -3.04. The lowest BCUT2D eigenvalue weighted by Gasteiger charge is -2.13. The summed E-state index contributed by atoms with van der Waals surface area (Å²) in [5.41, 5.74) is 8.15. The summed E-state index contributed by atoms with van der Waals surface area (Å²) < 4.78 is 38.0. The number of halogens is 3. The number of nitrogens with zero attached hydrogens (tertiary/aromatic N) is 3. The van der Waals surface area contributed by atoms with Gasteiger partial charge in [-0.2, -0.15) is 13.2 Å². The highest BCUT2D eigenvalue weighted by Gasteiger charge is 2.29. The number of anilines is 1. The Kier molecular flexibility index (Phi) is 5.88. The van der Waals surface area contributed by atoms with E-state index in [0.29, 0.717) is 18.1 Å². The first-order valence-electron chi connectivity index (χ1n) is 9.64. The Balaban J connectivity index is 1.37. The first kappa shape index (κ1) is 21.2. The molecule has 9 heteroatoms. The van der Waals surface area contributed by atoms with E-state index in [1.54, 1.807) is 0 Å². The van der Waals surface area contributed by atoms with Crippen molar-refractivity contribution in [3.8, 4) is 10.6 Å². The third kappa shape index (κ3) is 5.18. The molecule has 0 saturated heterocycles. The molecule has 2 heterocycles. The zero-order valence-electron chi connectivity index (χ0n) is 16.6. The topological polar surface area (TPSA) is 76.7 Å². The molecule has 0 unspecified atom stereocenters. The van der Waals surface area contributed by atoms with Crippen LogP contribution in [-0.4, -0.2) is 27.8 Å². The average molecular weight is 443 g/mol. The standard InChI is InChI=1S/C22H20F3N5S/c1-13-8-17-10-15(4-5-16(17)11-27-13)20-29-30-21(31-20)28-12-19(26)9-14-2-6-18(7-3-14)22(23,24)25/h2-8,10-11,19H,9,12,26H2,1H3,(H,28,30)/t19-/m1/s1. The van der Waals surface area contributed by atoms with Crippen molar-refractivity contribution in [3.63, 3.8) is 0 Å². The predicted octanol–water partition coefficient (Wildman–Crippen LogP) is 5.06. The molecule has 160 valence electrons. The molecule has 2 aromatic heterocycles. The molecule has 0 saturated carbocycles. The quantitative estimate of drug-likeness (QED) is 0.436. The van der Waals surface area contributed by atoms with Crippen molar-refractivity contribution in [2.24, 2.45) is 5.73 Å². The molecule has 0 fully saturated rings. The summed E-state index contributed by atoms with van der Waals surface area (Å²) in [6, 6.07) is 12.9. The van der Waals surface area contributed by atoms with Crippen LogP contribution in [0.1, 0.15) is 16.8 Å². The van der Waals surface area contributed by atoms with Crippen molar-refractivity contribution in [1.29, 1.82) is 0 Å². The summed E-state index contributed by atoms with van der Waals surface area (Å²) in [6.45, 7) is 2.38. The molecule has 4 rings (SSSR count). The Morgan fingerprint density at radius 1 is 1.03 bits per heavy atom. The highest BCUT2D eigenvalue weighted by Crippen LogP contribution is 2.30. The maximum absolute atomic E-state index is 12.7. The van der Waals surface area contributed by atoms with Crippen molar-refractivity contribution in [3.05, 3.63) is 71.5 Å². The van der Waals surface area contributed by atoms with E-state index in [4.69, 9.17) is 5.73 Å². The maximum Gasteiger partial charge on any atom is 0.416 e. The third-order valence-electron chi connectivity index (χ3n) is 4.83. The molecule has 0 aliphatic heterocycles. The second-order valence-corrected chi connectivity index (χ2v) is 8.32. The van der Waals surface area contributed by atoms with Gasteiger partial charge in [0.05, 0.1) is 5.56 Å². The minimum absolute atomic E-state index is 0.278. The van der Waals surface area contributed by atoms with E-state index < -0.39 is 11.7 Å². The van der Waals surface area contributed by atoms with Gasteiger partial charge in [-0.3, -0.25) is 4.98 Å². The molecular weight excluding hydrogens is 423 g/mol. The molecule has 5 nitrogen and oxygen atoms in total. The van der Waals surface area contributed by atoms with Gasteiger partial charge in [-0.15, -0.1) is 10.2 Å². The van der Waals surface area contributed by atoms with Crippen molar-refractivity contribution in [2.75, 3.05) is 11.9 Å². The van der Waals surface area contributed by atoms with Crippen LogP contribution in [0.25, 0.3) is 21.3 Å². The minimum Gasteiger partial charge on any atom is -0.359 e. The normalized spacial score (nSPS) is 12.8. The molecule has 0 spiro atoms. The van der Waals surface area contributed by atoms with Crippen molar-refractivity contribution >= 4 is 27.2 Å². The second kappa shape index (κ2) is 8.60. The molecule has 0 amide bonds. The number of rotatable bonds is 6. The highest BCUT2D eigenvalue weighted by molar-refractivity contribution is 7.18. The number of nitrogens with one attached hydrogen (secondary N) is 1. The van der Waals surface area contributed by atoms with Crippen LogP contribution < -0.4 is 11.1 Å². The Morgan fingerprint density at radius 2 is 1.81 bits per heavy atom. The van der Waals surface area contributed by atoms with Gasteiger partial charge in [0, 0.05) is 35.4 Å². The molecule has 31 heavy (non-hydrogen) atoms. The van der Waals surface area contributed by atoms with Gasteiger partial charge < -0.3 is 11.1 Å². The molecule has 1 atom stereocenters. The molecular formula is C22H20F3N5S. The Labute approximate surface area is 181 Å². The zero-order chi connectivity index (χ0) is 22.0. The van der Waals surface area contributed by atoms with E-state index in [0.717, 1.165) is 44.7 Å². The second-order valence-electron chi connectivity index (χ2n) is 7.34. The van der Waals surface area contributed by atoms with Gasteiger partial charge in [0.1, 0.15) is 5.01 Å². The predicted molar refractivity (Wildman–Crippen MR) is 117 cm³/mol. The van der Waals surface area contributed by atoms with Crippen LogP contribution >= 0.6 is 11.3 Å². The van der Waals surface area contributed by atoms with Gasteiger partial charge in [-0.05, 0) is 48.6 Å². The molecule has 3 N–H and O–H groups in total. The van der Waals surface area contributed by atoms with Gasteiger partial charge in [0.2, 0.25) is 5.13 Å². The lowest BCUT2D eigenvalue weighted by Crippen LogP contribution is -2.31. The Morgan fingerprint density at radius 3 is 2.55 bits per heavy atom. The fourth-order valence-electron chi connectivity index (χ4n) is 3.22. The molecule has 0 aliphatic carbocycles. The molecule has 0 bridgehead atoms.